The summed E-state index contributed by atoms with van der Waals surface area (Å²) >= 11 is 3.33. The molecule has 0 atom stereocenters. The molecule has 0 aromatic carbocycles. The van der Waals surface area contributed by atoms with Crippen LogP contribution in [0.3, 0.4) is 0 Å². The third-order valence-corrected chi connectivity index (χ3v) is 3.90. The van der Waals surface area contributed by atoms with Gasteiger partial charge in [-0.1, -0.05) is 6.07 Å². The van der Waals surface area contributed by atoms with Gasteiger partial charge in [0.05, 0.1) is 16.1 Å². The average molecular weight is 224 g/mol. The highest BCUT2D eigenvalue weighted by molar-refractivity contribution is 7.14. The highest BCUT2D eigenvalue weighted by Crippen LogP contribution is 2.29. The van der Waals surface area contributed by atoms with E-state index in [0.29, 0.717) is 0 Å². The third kappa shape index (κ3) is 1.87. The zero-order chi connectivity index (χ0) is 10.2. The fourth-order valence-electron chi connectivity index (χ4n) is 1.11. The summed E-state index contributed by atoms with van der Waals surface area (Å²) in [6.07, 6.45) is 0. The van der Waals surface area contributed by atoms with Crippen LogP contribution in [0.25, 0.3) is 10.6 Å². The van der Waals surface area contributed by atoms with Crippen LogP contribution in [-0.2, 0) is 5.54 Å². The van der Waals surface area contributed by atoms with Gasteiger partial charge >= 0.3 is 0 Å². The van der Waals surface area contributed by atoms with Crippen molar-refractivity contribution in [2.24, 2.45) is 5.73 Å². The van der Waals surface area contributed by atoms with Crippen LogP contribution in [0.5, 0.6) is 0 Å². The van der Waals surface area contributed by atoms with Crippen molar-refractivity contribution in [3.63, 3.8) is 0 Å². The van der Waals surface area contributed by atoms with E-state index in [1.807, 2.05) is 19.9 Å². The molecule has 0 fully saturated rings. The van der Waals surface area contributed by atoms with Gasteiger partial charge in [-0.3, -0.25) is 0 Å². The zero-order valence-electron chi connectivity index (χ0n) is 8.15. The molecule has 2 N–H and O–H groups in total. The molecule has 0 aliphatic rings. The van der Waals surface area contributed by atoms with E-state index in [1.165, 1.54) is 4.88 Å². The summed E-state index contributed by atoms with van der Waals surface area (Å²) in [5.41, 5.74) is 6.68. The number of aromatic nitrogens is 1. The molecule has 4 heteroatoms. The molecular formula is C10H12N2S2. The normalized spacial score (nSPS) is 11.9. The molecule has 0 aliphatic heterocycles. The Hall–Kier alpha value is -0.710. The summed E-state index contributed by atoms with van der Waals surface area (Å²) in [6, 6.07) is 4.11. The lowest BCUT2D eigenvalue weighted by Crippen LogP contribution is -2.28. The highest BCUT2D eigenvalue weighted by Gasteiger charge is 2.18. The maximum Gasteiger partial charge on any atom is 0.113 e. The first kappa shape index (κ1) is 9.83. The van der Waals surface area contributed by atoms with Crippen molar-refractivity contribution >= 4 is 22.7 Å². The Labute approximate surface area is 91.4 Å². The van der Waals surface area contributed by atoms with Crippen molar-refractivity contribution in [1.82, 2.24) is 4.98 Å². The van der Waals surface area contributed by atoms with Gasteiger partial charge in [0.25, 0.3) is 0 Å². The summed E-state index contributed by atoms with van der Waals surface area (Å²) < 4.78 is 0. The van der Waals surface area contributed by atoms with Crippen LogP contribution in [0.4, 0.5) is 0 Å². The Kier molecular flexibility index (Phi) is 2.43. The SMILES string of the molecule is CC(C)(N)c1nc(-c2cccs2)cs1. The van der Waals surface area contributed by atoms with Crippen LogP contribution < -0.4 is 5.73 Å². The lowest BCUT2D eigenvalue weighted by molar-refractivity contribution is 0.551. The van der Waals surface area contributed by atoms with E-state index in [2.05, 4.69) is 21.8 Å². The maximum atomic E-state index is 5.97. The molecule has 0 saturated heterocycles. The van der Waals surface area contributed by atoms with Crippen molar-refractivity contribution in [3.8, 4) is 10.6 Å². The Bertz CT molecular complexity index is 410. The monoisotopic (exact) mass is 224 g/mol. The van der Waals surface area contributed by atoms with Gasteiger partial charge in [0.2, 0.25) is 0 Å². The molecule has 0 bridgehead atoms. The molecule has 0 saturated carbocycles. The van der Waals surface area contributed by atoms with Crippen LogP contribution in [0.2, 0.25) is 0 Å². The molecule has 2 rings (SSSR count). The minimum Gasteiger partial charge on any atom is -0.320 e. The summed E-state index contributed by atoms with van der Waals surface area (Å²) in [5.74, 6) is 0. The average Bonchev–Trinajstić information content (AvgIpc) is 2.73. The lowest BCUT2D eigenvalue weighted by Gasteiger charge is -2.13. The molecule has 2 nitrogen and oxygen atoms in total. The van der Waals surface area contributed by atoms with Crippen LogP contribution in [0.1, 0.15) is 18.9 Å². The fraction of sp³-hybridized carbons (Fsp3) is 0.300. The van der Waals surface area contributed by atoms with Crippen LogP contribution >= 0.6 is 22.7 Å². The number of thiazole rings is 1. The standard InChI is InChI=1S/C10H12N2S2/c1-10(2,11)9-12-7(6-14-9)8-4-3-5-13-8/h3-6H,11H2,1-2H3. The number of thiophene rings is 1. The first-order valence-electron chi connectivity index (χ1n) is 4.36. The summed E-state index contributed by atoms with van der Waals surface area (Å²) in [4.78, 5) is 5.73. The van der Waals surface area contributed by atoms with Crippen molar-refractivity contribution in [1.29, 1.82) is 0 Å². The van der Waals surface area contributed by atoms with Gasteiger partial charge in [-0.2, -0.15) is 0 Å². The van der Waals surface area contributed by atoms with E-state index in [-0.39, 0.29) is 5.54 Å². The fourth-order valence-corrected chi connectivity index (χ4v) is 2.73. The largest absolute Gasteiger partial charge is 0.320 e. The molecule has 0 amide bonds. The second kappa shape index (κ2) is 3.46. The summed E-state index contributed by atoms with van der Waals surface area (Å²) in [5, 5.41) is 5.11. The van der Waals surface area contributed by atoms with Gasteiger partial charge in [0.1, 0.15) is 5.01 Å². The van der Waals surface area contributed by atoms with Gasteiger partial charge in [-0.15, -0.1) is 22.7 Å². The predicted molar refractivity (Wildman–Crippen MR) is 62.6 cm³/mol. The second-order valence-electron chi connectivity index (χ2n) is 3.74. The molecule has 2 heterocycles. The van der Waals surface area contributed by atoms with Crippen molar-refractivity contribution < 1.29 is 0 Å². The Morgan fingerprint density at radius 2 is 2.14 bits per heavy atom. The maximum absolute atomic E-state index is 5.97. The predicted octanol–water partition coefficient (Wildman–Crippen LogP) is 3.07. The van der Waals surface area contributed by atoms with Gasteiger partial charge in [-0.25, -0.2) is 4.98 Å². The molecule has 74 valence electrons. The van der Waals surface area contributed by atoms with Crippen LogP contribution in [-0.4, -0.2) is 4.98 Å². The Balaban J connectivity index is 2.36. The molecule has 2 aromatic rings. The van der Waals surface area contributed by atoms with Gasteiger partial charge in [0.15, 0.2) is 0 Å². The molecule has 0 aliphatic carbocycles. The molecule has 0 radical (unpaired) electrons. The Morgan fingerprint density at radius 1 is 1.36 bits per heavy atom. The first-order valence-corrected chi connectivity index (χ1v) is 6.12. The molecule has 0 spiro atoms. The van der Waals surface area contributed by atoms with Crippen LogP contribution in [0, 0.1) is 0 Å². The highest BCUT2D eigenvalue weighted by atomic mass is 32.1. The molecular weight excluding hydrogens is 212 g/mol. The smallest absolute Gasteiger partial charge is 0.113 e. The first-order chi connectivity index (χ1) is 6.57. The third-order valence-electron chi connectivity index (χ3n) is 1.83. The van der Waals surface area contributed by atoms with Gasteiger partial charge in [0, 0.05) is 5.38 Å². The van der Waals surface area contributed by atoms with Crippen molar-refractivity contribution in [2.75, 3.05) is 0 Å². The minimum absolute atomic E-state index is 0.333. The minimum atomic E-state index is -0.333. The number of hydrogen-bond acceptors (Lipinski definition) is 4. The second-order valence-corrected chi connectivity index (χ2v) is 5.54. The van der Waals surface area contributed by atoms with E-state index in [9.17, 15) is 0 Å². The van der Waals surface area contributed by atoms with Crippen molar-refractivity contribution in [3.05, 3.63) is 27.9 Å². The van der Waals surface area contributed by atoms with E-state index in [1.54, 1.807) is 22.7 Å². The van der Waals surface area contributed by atoms with Gasteiger partial charge in [-0.05, 0) is 25.3 Å². The van der Waals surface area contributed by atoms with Gasteiger partial charge < -0.3 is 5.73 Å². The molecule has 0 unspecified atom stereocenters. The van der Waals surface area contributed by atoms with Crippen LogP contribution in [0.15, 0.2) is 22.9 Å². The summed E-state index contributed by atoms with van der Waals surface area (Å²) in [7, 11) is 0. The quantitative estimate of drug-likeness (QED) is 0.851. The number of nitrogens with two attached hydrogens (primary N) is 1. The number of rotatable bonds is 2. The zero-order valence-corrected chi connectivity index (χ0v) is 9.78. The number of nitrogens with zero attached hydrogens (tertiary/aromatic N) is 1. The van der Waals surface area contributed by atoms with Crippen molar-refractivity contribution in [2.45, 2.75) is 19.4 Å². The summed E-state index contributed by atoms with van der Waals surface area (Å²) in [6.45, 7) is 3.95. The lowest BCUT2D eigenvalue weighted by atomic mass is 10.1. The van der Waals surface area contributed by atoms with E-state index in [4.69, 9.17) is 5.73 Å². The Morgan fingerprint density at radius 3 is 2.64 bits per heavy atom. The molecule has 2 aromatic heterocycles. The van der Waals surface area contributed by atoms with E-state index >= 15 is 0 Å². The molecule has 14 heavy (non-hydrogen) atoms. The topological polar surface area (TPSA) is 38.9 Å². The van der Waals surface area contributed by atoms with E-state index in [0.717, 1.165) is 10.7 Å². The number of hydrogen-bond donors (Lipinski definition) is 1. The van der Waals surface area contributed by atoms with E-state index < -0.39 is 0 Å².